The summed E-state index contributed by atoms with van der Waals surface area (Å²) < 4.78 is 32.1. The molecule has 0 spiro atoms. The molecule has 0 aliphatic heterocycles. The fraction of sp³-hybridized carbons (Fsp3) is 1.00. The first-order chi connectivity index (χ1) is 11.6. The van der Waals surface area contributed by atoms with Crippen LogP contribution in [0, 0.1) is 0 Å². The summed E-state index contributed by atoms with van der Waals surface area (Å²) in [7, 11) is 3.27. The van der Waals surface area contributed by atoms with E-state index in [-0.39, 0.29) is 0 Å². The van der Waals surface area contributed by atoms with Gasteiger partial charge in [-0.25, -0.2) is 8.42 Å². The van der Waals surface area contributed by atoms with Crippen LogP contribution in [0.5, 0.6) is 0 Å². The van der Waals surface area contributed by atoms with Crippen LogP contribution < -0.4 is 0 Å². The average molecular weight is 382 g/mol. The summed E-state index contributed by atoms with van der Waals surface area (Å²) in [5.41, 5.74) is 0. The van der Waals surface area contributed by atoms with Gasteiger partial charge in [-0.3, -0.25) is 4.18 Å². The minimum Gasteiger partial charge on any atom is -0.726 e. The van der Waals surface area contributed by atoms with E-state index >= 15 is 0 Å². The van der Waals surface area contributed by atoms with Crippen molar-refractivity contribution in [1.82, 2.24) is 0 Å². The van der Waals surface area contributed by atoms with E-state index in [1.54, 1.807) is 0 Å². The molecule has 0 radical (unpaired) electrons. The number of hydrogen-bond acceptors (Lipinski definition) is 4. The van der Waals surface area contributed by atoms with Crippen LogP contribution in [0.15, 0.2) is 0 Å². The van der Waals surface area contributed by atoms with Gasteiger partial charge >= 0.3 is 0 Å². The van der Waals surface area contributed by atoms with Gasteiger partial charge in [0.2, 0.25) is 10.4 Å². The maximum absolute atomic E-state index is 9.22. The largest absolute Gasteiger partial charge is 0.726 e. The first-order valence-electron chi connectivity index (χ1n) is 9.94. The molecule has 0 saturated heterocycles. The van der Waals surface area contributed by atoms with E-state index in [9.17, 15) is 13.0 Å². The molecule has 0 heterocycles. The van der Waals surface area contributed by atoms with Crippen LogP contribution >= 0.6 is 0 Å². The second-order valence-electron chi connectivity index (χ2n) is 7.83. The minimum absolute atomic E-state index is 0.808. The lowest BCUT2D eigenvalue weighted by molar-refractivity contribution is -0.870. The second-order valence-corrected chi connectivity index (χ2v) is 8.98. The van der Waals surface area contributed by atoms with Crippen molar-refractivity contribution in [2.24, 2.45) is 0 Å². The lowest BCUT2D eigenvalue weighted by Gasteiger charge is -2.23. The number of nitrogens with zero attached hydrogens (tertiary/aromatic N) is 1. The van der Waals surface area contributed by atoms with Crippen molar-refractivity contribution in [2.45, 2.75) is 90.4 Å². The second kappa shape index (κ2) is 17.3. The van der Waals surface area contributed by atoms with Gasteiger partial charge in [0.1, 0.15) is 0 Å². The minimum atomic E-state index is -4.41. The predicted molar refractivity (Wildman–Crippen MR) is 105 cm³/mol. The zero-order valence-corrected chi connectivity index (χ0v) is 18.2. The molecule has 0 fully saturated rings. The molecule has 0 aromatic rings. The van der Waals surface area contributed by atoms with Crippen molar-refractivity contribution in [3.05, 3.63) is 0 Å². The molecule has 25 heavy (non-hydrogen) atoms. The highest BCUT2D eigenvalue weighted by atomic mass is 32.3. The summed E-state index contributed by atoms with van der Waals surface area (Å²) in [6, 6.07) is 0. The highest BCUT2D eigenvalue weighted by molar-refractivity contribution is 7.80. The average Bonchev–Trinajstić information content (AvgIpc) is 2.51. The standard InChI is InChI=1S/C18H40N.CH4O4S/c1-5-6-7-8-9-10-11-12-13-14-15-16-17-18-19(2,3)4;1-5-6(2,3)4/h5-18H2,1-4H3;1H3,(H,2,3,4)/q+1;/p-1. The molecule has 0 saturated carbocycles. The SMILES string of the molecule is CCCCCCCCCCCCCCC[N+](C)(C)C.COS(=O)(=O)[O-]. The van der Waals surface area contributed by atoms with Gasteiger partial charge in [0, 0.05) is 0 Å². The van der Waals surface area contributed by atoms with Gasteiger partial charge in [0.25, 0.3) is 0 Å². The van der Waals surface area contributed by atoms with Gasteiger partial charge in [-0.2, -0.15) is 0 Å². The fourth-order valence-corrected chi connectivity index (χ4v) is 2.60. The Bertz CT molecular complexity index is 364. The molecule has 0 atom stereocenters. The van der Waals surface area contributed by atoms with Crippen molar-refractivity contribution in [2.75, 3.05) is 34.8 Å². The lowest BCUT2D eigenvalue weighted by Crippen LogP contribution is -2.35. The van der Waals surface area contributed by atoms with E-state index in [1.807, 2.05) is 0 Å². The Hall–Kier alpha value is -0.170. The molecule has 0 rings (SSSR count). The first-order valence-corrected chi connectivity index (χ1v) is 11.3. The van der Waals surface area contributed by atoms with Gasteiger partial charge in [-0.15, -0.1) is 0 Å². The van der Waals surface area contributed by atoms with Gasteiger partial charge in [0.05, 0.1) is 34.8 Å². The molecule has 6 heteroatoms. The molecule has 0 unspecified atom stereocenters. The van der Waals surface area contributed by atoms with Crippen LogP contribution in [0.4, 0.5) is 0 Å². The van der Waals surface area contributed by atoms with Crippen LogP contribution in [-0.2, 0) is 14.6 Å². The molecular formula is C19H43NO4S. The zero-order chi connectivity index (χ0) is 19.6. The van der Waals surface area contributed by atoms with E-state index in [0.29, 0.717) is 0 Å². The summed E-state index contributed by atoms with van der Waals surface area (Å²) in [4.78, 5) is 0. The van der Waals surface area contributed by atoms with Crippen LogP contribution in [-0.4, -0.2) is 52.3 Å². The topological polar surface area (TPSA) is 66.4 Å². The molecule has 0 N–H and O–H groups in total. The van der Waals surface area contributed by atoms with Gasteiger partial charge in [-0.05, 0) is 12.8 Å². The quantitative estimate of drug-likeness (QED) is 0.175. The monoisotopic (exact) mass is 381 g/mol. The Labute approximate surface area is 157 Å². The van der Waals surface area contributed by atoms with Gasteiger partial charge in [-0.1, -0.05) is 77.6 Å². The van der Waals surface area contributed by atoms with E-state index in [2.05, 4.69) is 32.2 Å². The molecule has 5 nitrogen and oxygen atoms in total. The normalized spacial score (nSPS) is 11.9. The fourth-order valence-electron chi connectivity index (χ4n) is 2.60. The number of unbranched alkanes of at least 4 members (excludes halogenated alkanes) is 12. The van der Waals surface area contributed by atoms with Crippen molar-refractivity contribution >= 4 is 10.4 Å². The van der Waals surface area contributed by atoms with Gasteiger partial charge in [0.15, 0.2) is 0 Å². The molecule has 0 aromatic carbocycles. The third-order valence-corrected chi connectivity index (χ3v) is 4.54. The van der Waals surface area contributed by atoms with Crippen LogP contribution in [0.2, 0.25) is 0 Å². The van der Waals surface area contributed by atoms with Crippen LogP contribution in [0.25, 0.3) is 0 Å². The first kappa shape index (κ1) is 27.1. The number of rotatable bonds is 15. The Balaban J connectivity index is 0. The lowest BCUT2D eigenvalue weighted by atomic mass is 10.0. The number of hydrogen-bond donors (Lipinski definition) is 0. The highest BCUT2D eigenvalue weighted by Gasteiger charge is 2.04. The van der Waals surface area contributed by atoms with Crippen molar-refractivity contribution in [1.29, 1.82) is 0 Å². The molecule has 0 bridgehead atoms. The smallest absolute Gasteiger partial charge is 0.217 e. The van der Waals surface area contributed by atoms with E-state index in [1.165, 1.54) is 90.0 Å². The molecule has 0 aromatic heterocycles. The summed E-state index contributed by atoms with van der Waals surface area (Å²) in [6.07, 6.45) is 18.9. The Morgan fingerprint density at radius 3 is 1.24 bits per heavy atom. The summed E-state index contributed by atoms with van der Waals surface area (Å²) >= 11 is 0. The third kappa shape index (κ3) is 32.0. The Morgan fingerprint density at radius 2 is 1.00 bits per heavy atom. The molecular weight excluding hydrogens is 338 g/mol. The van der Waals surface area contributed by atoms with Crippen LogP contribution in [0.1, 0.15) is 90.4 Å². The molecule has 0 aliphatic rings. The van der Waals surface area contributed by atoms with E-state index in [4.69, 9.17) is 0 Å². The number of quaternary nitrogens is 1. The summed E-state index contributed by atoms with van der Waals surface area (Å²) in [5, 5.41) is 0. The third-order valence-electron chi connectivity index (χ3n) is 4.14. The molecule has 0 aliphatic carbocycles. The van der Waals surface area contributed by atoms with Crippen molar-refractivity contribution in [3.63, 3.8) is 0 Å². The molecule has 154 valence electrons. The van der Waals surface area contributed by atoms with E-state index < -0.39 is 10.4 Å². The Kier molecular flexibility index (Phi) is 18.7. The highest BCUT2D eigenvalue weighted by Crippen LogP contribution is 2.12. The van der Waals surface area contributed by atoms with E-state index in [0.717, 1.165) is 11.6 Å². The zero-order valence-electron chi connectivity index (χ0n) is 17.4. The summed E-state index contributed by atoms with van der Waals surface area (Å²) in [5.74, 6) is 0. The van der Waals surface area contributed by atoms with Crippen LogP contribution in [0.3, 0.4) is 0 Å². The maximum atomic E-state index is 9.22. The van der Waals surface area contributed by atoms with Crippen molar-refractivity contribution < 1.29 is 21.6 Å². The Morgan fingerprint density at radius 1 is 0.720 bits per heavy atom. The molecule has 0 amide bonds. The van der Waals surface area contributed by atoms with Gasteiger partial charge < -0.3 is 9.04 Å². The maximum Gasteiger partial charge on any atom is 0.217 e. The summed E-state index contributed by atoms with van der Waals surface area (Å²) in [6.45, 7) is 3.62. The van der Waals surface area contributed by atoms with Crippen molar-refractivity contribution in [3.8, 4) is 0 Å². The predicted octanol–water partition coefficient (Wildman–Crippen LogP) is 4.88.